The van der Waals surface area contributed by atoms with E-state index in [1.54, 1.807) is 23.0 Å². The summed E-state index contributed by atoms with van der Waals surface area (Å²) in [4.78, 5) is 15.1. The first-order chi connectivity index (χ1) is 15.0. The van der Waals surface area contributed by atoms with Crippen molar-refractivity contribution in [2.24, 2.45) is 0 Å². The van der Waals surface area contributed by atoms with Crippen molar-refractivity contribution in [3.8, 4) is 5.69 Å². The number of anilines is 1. The number of aromatic nitrogens is 3. The number of nitrogens with one attached hydrogen (secondary N) is 1. The quantitative estimate of drug-likeness (QED) is 0.485. The van der Waals surface area contributed by atoms with Gasteiger partial charge in [-0.3, -0.25) is 4.79 Å². The van der Waals surface area contributed by atoms with Crippen LogP contribution in [0.15, 0.2) is 60.9 Å². The van der Waals surface area contributed by atoms with Gasteiger partial charge in [0.1, 0.15) is 5.82 Å². The van der Waals surface area contributed by atoms with Crippen molar-refractivity contribution in [2.75, 3.05) is 26.0 Å². The van der Waals surface area contributed by atoms with Gasteiger partial charge in [-0.2, -0.15) is 5.10 Å². The molecule has 4 rings (SSSR count). The van der Waals surface area contributed by atoms with Crippen LogP contribution in [0.1, 0.15) is 23.0 Å². The SMILES string of the molecule is CCc1c(C(=O)Nc2ccc3c(ccn3CCN(C)C)c2)cnn1-c1ccc(F)cc1. The normalized spacial score (nSPS) is 11.4. The largest absolute Gasteiger partial charge is 0.346 e. The molecule has 0 unspecified atom stereocenters. The lowest BCUT2D eigenvalue weighted by molar-refractivity contribution is 0.102. The smallest absolute Gasteiger partial charge is 0.259 e. The van der Waals surface area contributed by atoms with Gasteiger partial charge in [-0.05, 0) is 69.0 Å². The lowest BCUT2D eigenvalue weighted by atomic mass is 10.1. The molecule has 160 valence electrons. The second-order valence-corrected chi connectivity index (χ2v) is 7.79. The molecule has 0 bridgehead atoms. The van der Waals surface area contributed by atoms with Crippen LogP contribution in [0.4, 0.5) is 10.1 Å². The molecule has 0 fully saturated rings. The lowest BCUT2D eigenvalue weighted by Gasteiger charge is -2.12. The molecule has 0 saturated heterocycles. The zero-order valence-corrected chi connectivity index (χ0v) is 18.0. The van der Waals surface area contributed by atoms with Crippen molar-refractivity contribution < 1.29 is 9.18 Å². The molecule has 6 nitrogen and oxygen atoms in total. The maximum Gasteiger partial charge on any atom is 0.259 e. The summed E-state index contributed by atoms with van der Waals surface area (Å²) >= 11 is 0. The summed E-state index contributed by atoms with van der Waals surface area (Å²) in [6.45, 7) is 3.83. The highest BCUT2D eigenvalue weighted by molar-refractivity contribution is 6.05. The summed E-state index contributed by atoms with van der Waals surface area (Å²) in [6, 6.07) is 14.1. The molecule has 0 atom stereocenters. The fourth-order valence-corrected chi connectivity index (χ4v) is 3.69. The molecule has 0 aliphatic heterocycles. The third kappa shape index (κ3) is 4.36. The zero-order chi connectivity index (χ0) is 22.0. The van der Waals surface area contributed by atoms with E-state index >= 15 is 0 Å². The van der Waals surface area contributed by atoms with Gasteiger partial charge in [-0.15, -0.1) is 0 Å². The molecule has 31 heavy (non-hydrogen) atoms. The Kier molecular flexibility index (Phi) is 5.86. The first kappa shape index (κ1) is 20.8. The van der Waals surface area contributed by atoms with Crippen molar-refractivity contribution in [3.63, 3.8) is 0 Å². The minimum atomic E-state index is -0.308. The topological polar surface area (TPSA) is 55.1 Å². The number of amides is 1. The van der Waals surface area contributed by atoms with Crippen molar-refractivity contribution in [3.05, 3.63) is 78.0 Å². The third-order valence-corrected chi connectivity index (χ3v) is 5.34. The van der Waals surface area contributed by atoms with Gasteiger partial charge in [0.2, 0.25) is 0 Å². The van der Waals surface area contributed by atoms with Crippen LogP contribution in [0.3, 0.4) is 0 Å². The first-order valence-electron chi connectivity index (χ1n) is 10.3. The molecule has 2 aromatic heterocycles. The Hall–Kier alpha value is -3.45. The average molecular weight is 420 g/mol. The first-order valence-corrected chi connectivity index (χ1v) is 10.3. The Morgan fingerprint density at radius 2 is 1.90 bits per heavy atom. The summed E-state index contributed by atoms with van der Waals surface area (Å²) < 4.78 is 17.1. The van der Waals surface area contributed by atoms with Gasteiger partial charge in [0, 0.05) is 35.9 Å². The number of halogens is 1. The standard InChI is InChI=1S/C24H26FN5O/c1-4-22-21(16-26-30(22)20-8-5-18(25)6-9-20)24(31)27-19-7-10-23-17(15-19)11-12-29(23)14-13-28(2)3/h5-12,15-16H,4,13-14H2,1-3H3,(H,27,31). The minimum absolute atomic E-state index is 0.211. The van der Waals surface area contributed by atoms with Crippen molar-refractivity contribution in [1.82, 2.24) is 19.2 Å². The average Bonchev–Trinajstić information content (AvgIpc) is 3.36. The highest BCUT2D eigenvalue weighted by Gasteiger charge is 2.17. The molecule has 0 radical (unpaired) electrons. The maximum absolute atomic E-state index is 13.3. The fourth-order valence-electron chi connectivity index (χ4n) is 3.69. The number of hydrogen-bond donors (Lipinski definition) is 1. The Bertz CT molecular complexity index is 1210. The van der Waals surface area contributed by atoms with E-state index in [2.05, 4.69) is 46.2 Å². The molecule has 1 amide bonds. The van der Waals surface area contributed by atoms with Crippen LogP contribution < -0.4 is 5.32 Å². The van der Waals surface area contributed by atoms with Crippen LogP contribution in [0.5, 0.6) is 0 Å². The van der Waals surface area contributed by atoms with Gasteiger partial charge in [0.25, 0.3) is 5.91 Å². The molecule has 2 aromatic carbocycles. The highest BCUT2D eigenvalue weighted by atomic mass is 19.1. The second-order valence-electron chi connectivity index (χ2n) is 7.79. The predicted octanol–water partition coefficient (Wildman–Crippen LogP) is 4.34. The number of carbonyl (C=O) groups is 1. The summed E-state index contributed by atoms with van der Waals surface area (Å²) in [5.74, 6) is -0.519. The molecule has 0 aliphatic rings. The second kappa shape index (κ2) is 8.73. The molecule has 0 spiro atoms. The van der Waals surface area contributed by atoms with Crippen LogP contribution >= 0.6 is 0 Å². The molecule has 7 heteroatoms. The number of likely N-dealkylation sites (N-methyl/N-ethyl adjacent to an activating group) is 1. The molecule has 0 aliphatic carbocycles. The Morgan fingerprint density at radius 1 is 1.13 bits per heavy atom. The monoisotopic (exact) mass is 419 g/mol. The van der Waals surface area contributed by atoms with Crippen LogP contribution in [0.25, 0.3) is 16.6 Å². The summed E-state index contributed by atoms with van der Waals surface area (Å²) in [7, 11) is 4.12. The Labute approximate surface area is 180 Å². The molecular formula is C24H26FN5O. The van der Waals surface area contributed by atoms with E-state index < -0.39 is 0 Å². The van der Waals surface area contributed by atoms with E-state index in [-0.39, 0.29) is 11.7 Å². The van der Waals surface area contributed by atoms with Gasteiger partial charge < -0.3 is 14.8 Å². The van der Waals surface area contributed by atoms with Crippen molar-refractivity contribution in [1.29, 1.82) is 0 Å². The van der Waals surface area contributed by atoms with Crippen LogP contribution in [0.2, 0.25) is 0 Å². The van der Waals surface area contributed by atoms with Crippen molar-refractivity contribution >= 4 is 22.5 Å². The van der Waals surface area contributed by atoms with E-state index in [9.17, 15) is 9.18 Å². The van der Waals surface area contributed by atoms with Crippen LogP contribution in [-0.4, -0.2) is 45.8 Å². The van der Waals surface area contributed by atoms with Gasteiger partial charge in [0.05, 0.1) is 23.1 Å². The van der Waals surface area contributed by atoms with E-state index in [0.29, 0.717) is 12.0 Å². The van der Waals surface area contributed by atoms with E-state index in [0.717, 1.165) is 41.1 Å². The van der Waals surface area contributed by atoms with Crippen LogP contribution in [0, 0.1) is 5.82 Å². The number of rotatable bonds is 7. The summed E-state index contributed by atoms with van der Waals surface area (Å²) in [5.41, 5.74) is 3.88. The summed E-state index contributed by atoms with van der Waals surface area (Å²) in [5, 5.41) is 8.43. The van der Waals surface area contributed by atoms with Gasteiger partial charge in [0.15, 0.2) is 0 Å². The van der Waals surface area contributed by atoms with E-state index in [1.807, 2.05) is 25.1 Å². The number of nitrogens with zero attached hydrogens (tertiary/aromatic N) is 4. The van der Waals surface area contributed by atoms with Crippen LogP contribution in [-0.2, 0) is 13.0 Å². The fraction of sp³-hybridized carbons (Fsp3) is 0.250. The molecule has 0 saturated carbocycles. The molecule has 1 N–H and O–H groups in total. The van der Waals surface area contributed by atoms with E-state index in [4.69, 9.17) is 0 Å². The Morgan fingerprint density at radius 3 is 2.61 bits per heavy atom. The van der Waals surface area contributed by atoms with Gasteiger partial charge in [-0.25, -0.2) is 9.07 Å². The maximum atomic E-state index is 13.3. The number of benzene rings is 2. The number of fused-ring (bicyclic) bond motifs is 1. The molecule has 4 aromatic rings. The minimum Gasteiger partial charge on any atom is -0.346 e. The van der Waals surface area contributed by atoms with Gasteiger partial charge in [-0.1, -0.05) is 6.92 Å². The molecule has 2 heterocycles. The highest BCUT2D eigenvalue weighted by Crippen LogP contribution is 2.22. The number of carbonyl (C=O) groups excluding carboxylic acids is 1. The molecular weight excluding hydrogens is 393 g/mol. The van der Waals surface area contributed by atoms with Gasteiger partial charge >= 0.3 is 0 Å². The summed E-state index contributed by atoms with van der Waals surface area (Å²) in [6.07, 6.45) is 4.25. The predicted molar refractivity (Wildman–Crippen MR) is 121 cm³/mol. The Balaban J connectivity index is 1.55. The zero-order valence-electron chi connectivity index (χ0n) is 18.0. The lowest BCUT2D eigenvalue weighted by Crippen LogP contribution is -2.17. The van der Waals surface area contributed by atoms with Crippen molar-refractivity contribution in [2.45, 2.75) is 19.9 Å². The third-order valence-electron chi connectivity index (χ3n) is 5.34. The number of hydrogen-bond acceptors (Lipinski definition) is 3. The van der Waals surface area contributed by atoms with E-state index in [1.165, 1.54) is 12.1 Å².